The van der Waals surface area contributed by atoms with Crippen LogP contribution in [0, 0.1) is 0 Å². The van der Waals surface area contributed by atoms with Gasteiger partial charge in [-0.1, -0.05) is 0 Å². The lowest BCUT2D eigenvalue weighted by Crippen LogP contribution is -2.21. The first-order valence-corrected chi connectivity index (χ1v) is 6.16. The van der Waals surface area contributed by atoms with Gasteiger partial charge in [0.25, 0.3) is 0 Å². The molecule has 0 aromatic carbocycles. The van der Waals surface area contributed by atoms with Gasteiger partial charge in [0.2, 0.25) is 0 Å². The van der Waals surface area contributed by atoms with Crippen LogP contribution in [0.5, 0.6) is 0 Å². The first-order valence-electron chi connectivity index (χ1n) is 5.22. The molecule has 2 aromatic rings. The highest BCUT2D eigenvalue weighted by molar-refractivity contribution is 7.07. The number of rotatable bonds is 3. The monoisotopic (exact) mass is 236 g/mol. The van der Waals surface area contributed by atoms with Crippen molar-refractivity contribution in [2.75, 3.05) is 5.32 Å². The van der Waals surface area contributed by atoms with Crippen molar-refractivity contribution in [1.82, 2.24) is 14.8 Å². The van der Waals surface area contributed by atoms with Crippen LogP contribution < -0.4 is 5.32 Å². The first kappa shape index (κ1) is 11.1. The molecule has 0 aliphatic rings. The van der Waals surface area contributed by atoms with E-state index < -0.39 is 0 Å². The predicted octanol–water partition coefficient (Wildman–Crippen LogP) is 2.71. The zero-order valence-corrected chi connectivity index (χ0v) is 10.6. The van der Waals surface area contributed by atoms with Crippen LogP contribution in [0.2, 0.25) is 0 Å². The molecule has 0 amide bonds. The average molecular weight is 236 g/mol. The summed E-state index contributed by atoms with van der Waals surface area (Å²) >= 11 is 1.61. The van der Waals surface area contributed by atoms with Crippen LogP contribution in [0.15, 0.2) is 23.3 Å². The third-order valence-corrected chi connectivity index (χ3v) is 2.86. The molecule has 0 saturated carbocycles. The highest BCUT2D eigenvalue weighted by Gasteiger charge is 2.13. The van der Waals surface area contributed by atoms with E-state index in [9.17, 15) is 0 Å². The summed E-state index contributed by atoms with van der Waals surface area (Å²) in [7, 11) is 0. The van der Waals surface area contributed by atoms with E-state index in [4.69, 9.17) is 0 Å². The van der Waals surface area contributed by atoms with Crippen LogP contribution in [0.25, 0.3) is 0 Å². The Hall–Kier alpha value is -1.36. The fraction of sp³-hybridized carbons (Fsp3) is 0.455. The molecule has 1 N–H and O–H groups in total. The average Bonchev–Trinajstić information content (AvgIpc) is 2.85. The summed E-state index contributed by atoms with van der Waals surface area (Å²) in [4.78, 5) is 4.22. The number of nitrogens with one attached hydrogen (secondary N) is 1. The molecule has 0 fully saturated rings. The van der Waals surface area contributed by atoms with Crippen LogP contribution in [0.1, 0.15) is 26.5 Å². The van der Waals surface area contributed by atoms with E-state index in [1.165, 1.54) is 0 Å². The maximum absolute atomic E-state index is 4.32. The standard InChI is InChI=1S/C11H16N4S/c1-11(2,3)15-6-9(5-14-15)12-4-10-7-16-8-13-10/h5-8,12H,4H2,1-3H3. The van der Waals surface area contributed by atoms with Crippen molar-refractivity contribution in [3.63, 3.8) is 0 Å². The second-order valence-electron chi connectivity index (χ2n) is 4.68. The lowest BCUT2D eigenvalue weighted by Gasteiger charge is -2.18. The van der Waals surface area contributed by atoms with Crippen LogP contribution in [0.4, 0.5) is 5.69 Å². The SMILES string of the molecule is CC(C)(C)n1cc(NCc2cscn2)cn1. The molecule has 0 aliphatic heterocycles. The third-order valence-electron chi connectivity index (χ3n) is 2.23. The molecule has 2 aromatic heterocycles. The molecule has 2 rings (SSSR count). The fourth-order valence-electron chi connectivity index (χ4n) is 1.30. The van der Waals surface area contributed by atoms with Gasteiger partial charge in [0, 0.05) is 11.6 Å². The van der Waals surface area contributed by atoms with Crippen LogP contribution in [0.3, 0.4) is 0 Å². The summed E-state index contributed by atoms with van der Waals surface area (Å²) < 4.78 is 1.95. The maximum Gasteiger partial charge on any atom is 0.0795 e. The molecule has 5 heteroatoms. The van der Waals surface area contributed by atoms with Crippen LogP contribution in [-0.4, -0.2) is 14.8 Å². The first-order chi connectivity index (χ1) is 7.55. The van der Waals surface area contributed by atoms with Crippen LogP contribution >= 0.6 is 11.3 Å². The summed E-state index contributed by atoms with van der Waals surface area (Å²) in [5.41, 5.74) is 3.97. The van der Waals surface area contributed by atoms with Crippen molar-refractivity contribution in [2.24, 2.45) is 0 Å². The Morgan fingerprint density at radius 2 is 2.25 bits per heavy atom. The number of anilines is 1. The van der Waals surface area contributed by atoms with Crippen molar-refractivity contribution in [3.8, 4) is 0 Å². The van der Waals surface area contributed by atoms with Crippen molar-refractivity contribution in [1.29, 1.82) is 0 Å². The van der Waals surface area contributed by atoms with E-state index in [1.807, 2.05) is 28.0 Å². The van der Waals surface area contributed by atoms with Gasteiger partial charge in [-0.25, -0.2) is 4.98 Å². The Balaban J connectivity index is 1.98. The Morgan fingerprint density at radius 3 is 2.81 bits per heavy atom. The smallest absolute Gasteiger partial charge is 0.0795 e. The summed E-state index contributed by atoms with van der Waals surface area (Å²) in [5.74, 6) is 0. The highest BCUT2D eigenvalue weighted by atomic mass is 32.1. The quantitative estimate of drug-likeness (QED) is 0.891. The van der Waals surface area contributed by atoms with Gasteiger partial charge in [-0.05, 0) is 20.8 Å². The van der Waals surface area contributed by atoms with Gasteiger partial charge in [-0.15, -0.1) is 11.3 Å². The van der Waals surface area contributed by atoms with E-state index in [-0.39, 0.29) is 5.54 Å². The third kappa shape index (κ3) is 2.61. The Bertz CT molecular complexity index is 439. The second kappa shape index (κ2) is 4.25. The number of aromatic nitrogens is 3. The molecular formula is C11H16N4S. The van der Waals surface area contributed by atoms with E-state index in [0.717, 1.165) is 17.9 Å². The minimum absolute atomic E-state index is 0.0283. The minimum Gasteiger partial charge on any atom is -0.377 e. The Labute approximate surface area is 99.3 Å². The molecule has 0 bridgehead atoms. The van der Waals surface area contributed by atoms with Gasteiger partial charge in [-0.3, -0.25) is 4.68 Å². The van der Waals surface area contributed by atoms with Crippen molar-refractivity contribution < 1.29 is 0 Å². The molecule has 0 unspecified atom stereocenters. The van der Waals surface area contributed by atoms with Gasteiger partial charge in [0.05, 0.1) is 35.2 Å². The summed E-state index contributed by atoms with van der Waals surface area (Å²) in [5, 5.41) is 9.67. The molecule has 0 saturated heterocycles. The van der Waals surface area contributed by atoms with Gasteiger partial charge in [-0.2, -0.15) is 5.10 Å². The molecule has 0 spiro atoms. The second-order valence-corrected chi connectivity index (χ2v) is 5.40. The zero-order chi connectivity index (χ0) is 11.6. The molecule has 4 nitrogen and oxygen atoms in total. The van der Waals surface area contributed by atoms with E-state index >= 15 is 0 Å². The summed E-state index contributed by atoms with van der Waals surface area (Å²) in [6, 6.07) is 0. The molecule has 0 radical (unpaired) electrons. The number of thiazole rings is 1. The van der Waals surface area contributed by atoms with Crippen LogP contribution in [-0.2, 0) is 12.1 Å². The zero-order valence-electron chi connectivity index (χ0n) is 9.77. The summed E-state index contributed by atoms with van der Waals surface area (Å²) in [6.45, 7) is 7.14. The highest BCUT2D eigenvalue weighted by Crippen LogP contribution is 2.16. The molecule has 0 aliphatic carbocycles. The lowest BCUT2D eigenvalue weighted by atomic mass is 10.1. The minimum atomic E-state index is 0.0283. The molecule has 86 valence electrons. The van der Waals surface area contributed by atoms with Crippen molar-refractivity contribution >= 4 is 17.0 Å². The summed E-state index contributed by atoms with van der Waals surface area (Å²) in [6.07, 6.45) is 3.87. The molecule has 0 atom stereocenters. The van der Waals surface area contributed by atoms with Gasteiger partial charge in [0.1, 0.15) is 0 Å². The van der Waals surface area contributed by atoms with E-state index in [1.54, 1.807) is 11.3 Å². The maximum atomic E-state index is 4.32. The van der Waals surface area contributed by atoms with E-state index in [2.05, 4.69) is 36.2 Å². The fourth-order valence-corrected chi connectivity index (χ4v) is 1.86. The normalized spacial score (nSPS) is 11.7. The van der Waals surface area contributed by atoms with Gasteiger partial charge < -0.3 is 5.32 Å². The largest absolute Gasteiger partial charge is 0.377 e. The van der Waals surface area contributed by atoms with Crippen molar-refractivity contribution in [3.05, 3.63) is 29.0 Å². The molecular weight excluding hydrogens is 220 g/mol. The lowest BCUT2D eigenvalue weighted by molar-refractivity contribution is 0.355. The van der Waals surface area contributed by atoms with E-state index in [0.29, 0.717) is 0 Å². The number of hydrogen-bond acceptors (Lipinski definition) is 4. The predicted molar refractivity (Wildman–Crippen MR) is 66.7 cm³/mol. The Kier molecular flexibility index (Phi) is 2.96. The molecule has 2 heterocycles. The topological polar surface area (TPSA) is 42.7 Å². The van der Waals surface area contributed by atoms with Gasteiger partial charge in [0.15, 0.2) is 0 Å². The molecule has 16 heavy (non-hydrogen) atoms. The Morgan fingerprint density at radius 1 is 1.44 bits per heavy atom. The number of hydrogen-bond donors (Lipinski definition) is 1. The number of nitrogens with zero attached hydrogens (tertiary/aromatic N) is 3. The van der Waals surface area contributed by atoms with Crippen molar-refractivity contribution in [2.45, 2.75) is 32.9 Å². The van der Waals surface area contributed by atoms with Gasteiger partial charge >= 0.3 is 0 Å².